The van der Waals surface area contributed by atoms with Crippen LogP contribution in [0.3, 0.4) is 0 Å². The molecule has 0 aliphatic rings. The molecule has 0 spiro atoms. The first-order chi connectivity index (χ1) is 19.3. The third-order valence-electron chi connectivity index (χ3n) is 6.35. The summed E-state index contributed by atoms with van der Waals surface area (Å²) in [5.41, 5.74) is 10.8. The molecule has 0 bridgehead atoms. The van der Waals surface area contributed by atoms with Crippen LogP contribution in [-0.2, 0) is 10.0 Å². The van der Waals surface area contributed by atoms with E-state index in [1.807, 2.05) is 66.7 Å². The lowest BCUT2D eigenvalue weighted by Crippen LogP contribution is -2.13. The smallest absolute Gasteiger partial charge is 0.263 e. The Kier molecular flexibility index (Phi) is 6.41. The molecule has 3 heterocycles. The van der Waals surface area contributed by atoms with Crippen molar-refractivity contribution in [2.75, 3.05) is 10.5 Å². The molecule has 0 saturated carbocycles. The minimum atomic E-state index is -3.92. The van der Waals surface area contributed by atoms with Gasteiger partial charge in [-0.1, -0.05) is 65.8 Å². The molecule has 3 aromatic carbocycles. The Morgan fingerprint density at radius 3 is 2.17 bits per heavy atom. The van der Waals surface area contributed by atoms with Gasteiger partial charge in [0.05, 0.1) is 16.3 Å². The molecule has 0 aliphatic heterocycles. The maximum Gasteiger partial charge on any atom is 0.263 e. The summed E-state index contributed by atoms with van der Waals surface area (Å²) >= 11 is 1.22. The number of nitrogens with zero attached hydrogens (tertiary/aromatic N) is 2. The summed E-state index contributed by atoms with van der Waals surface area (Å²) < 4.78 is 32.8. The number of hydrogen-bond acceptors (Lipinski definition) is 8. The summed E-state index contributed by atoms with van der Waals surface area (Å²) in [6.45, 7) is 1.66. The van der Waals surface area contributed by atoms with Gasteiger partial charge in [-0.05, 0) is 48.4 Å². The first kappa shape index (κ1) is 25.5. The zero-order valence-electron chi connectivity index (χ0n) is 21.2. The largest absolute Gasteiger partial charge is 0.397 e. The van der Waals surface area contributed by atoms with Crippen LogP contribution in [0.1, 0.15) is 21.0 Å². The number of hydrogen-bond donors (Lipinski definition) is 2. The van der Waals surface area contributed by atoms with Gasteiger partial charge in [-0.25, -0.2) is 13.4 Å². The van der Waals surface area contributed by atoms with Crippen LogP contribution >= 0.6 is 11.3 Å². The fraction of sp³-hybridized carbons (Fsp3) is 0.0333. The normalized spacial score (nSPS) is 11.5. The van der Waals surface area contributed by atoms with Gasteiger partial charge in [0.15, 0.2) is 5.82 Å². The molecule has 0 aliphatic carbocycles. The quantitative estimate of drug-likeness (QED) is 0.210. The van der Waals surface area contributed by atoms with Crippen LogP contribution in [0.5, 0.6) is 0 Å². The summed E-state index contributed by atoms with van der Waals surface area (Å²) in [4.78, 5) is 19.4. The minimum Gasteiger partial charge on any atom is -0.397 e. The lowest BCUT2D eigenvalue weighted by atomic mass is 9.99. The van der Waals surface area contributed by atoms with Gasteiger partial charge in [-0.2, -0.15) is 0 Å². The van der Waals surface area contributed by atoms with Crippen LogP contribution in [0.2, 0.25) is 0 Å². The summed E-state index contributed by atoms with van der Waals surface area (Å²) in [7, 11) is -3.92. The third-order valence-corrected chi connectivity index (χ3v) is 8.82. The monoisotopic (exact) mass is 566 g/mol. The highest BCUT2D eigenvalue weighted by atomic mass is 32.2. The van der Waals surface area contributed by atoms with Crippen LogP contribution in [0.25, 0.3) is 32.6 Å². The Bertz CT molecular complexity index is 1970. The third kappa shape index (κ3) is 4.74. The van der Waals surface area contributed by atoms with Gasteiger partial charge in [-0.15, -0.1) is 11.3 Å². The van der Waals surface area contributed by atoms with Crippen LogP contribution in [0.15, 0.2) is 106 Å². The van der Waals surface area contributed by atoms with Crippen molar-refractivity contribution < 1.29 is 17.7 Å². The van der Waals surface area contributed by atoms with E-state index in [0.29, 0.717) is 32.1 Å². The molecule has 0 unspecified atom stereocenters. The van der Waals surface area contributed by atoms with E-state index >= 15 is 0 Å². The number of fused-ring (bicyclic) bond motifs is 1. The number of benzene rings is 3. The van der Waals surface area contributed by atoms with Gasteiger partial charge in [0.1, 0.15) is 15.5 Å². The average Bonchev–Trinajstić information content (AvgIpc) is 3.54. The number of sulfonamides is 1. The molecule has 40 heavy (non-hydrogen) atoms. The topological polar surface area (TPSA) is 128 Å². The van der Waals surface area contributed by atoms with Crippen LogP contribution in [0.4, 0.5) is 11.5 Å². The maximum atomic E-state index is 13.6. The summed E-state index contributed by atoms with van der Waals surface area (Å²) in [6, 6.07) is 28.8. The molecule has 10 heteroatoms. The van der Waals surface area contributed by atoms with Crippen molar-refractivity contribution in [3.05, 3.63) is 113 Å². The maximum absolute atomic E-state index is 13.6. The van der Waals surface area contributed by atoms with Crippen molar-refractivity contribution in [1.29, 1.82) is 0 Å². The number of nitrogens with two attached hydrogens (primary N) is 1. The Morgan fingerprint density at radius 1 is 0.900 bits per heavy atom. The Morgan fingerprint density at radius 2 is 1.55 bits per heavy atom. The van der Waals surface area contributed by atoms with Crippen molar-refractivity contribution in [2.24, 2.45) is 0 Å². The molecule has 0 atom stereocenters. The number of rotatable bonds is 7. The van der Waals surface area contributed by atoms with Gasteiger partial charge in [0.25, 0.3) is 10.0 Å². The second-order valence-corrected chi connectivity index (χ2v) is 11.8. The predicted molar refractivity (Wildman–Crippen MR) is 157 cm³/mol. The summed E-state index contributed by atoms with van der Waals surface area (Å²) in [5, 5.41) is 4.37. The molecule has 198 valence electrons. The number of aromatic nitrogens is 2. The highest BCUT2D eigenvalue weighted by molar-refractivity contribution is 7.92. The zero-order chi connectivity index (χ0) is 27.9. The predicted octanol–water partition coefficient (Wildman–Crippen LogP) is 6.54. The van der Waals surface area contributed by atoms with E-state index in [1.54, 1.807) is 6.92 Å². The van der Waals surface area contributed by atoms with Crippen LogP contribution in [0, 0.1) is 6.92 Å². The molecule has 6 aromatic rings. The first-order valence-electron chi connectivity index (χ1n) is 12.2. The number of ketones is 1. The van der Waals surface area contributed by atoms with Crippen LogP contribution < -0.4 is 10.5 Å². The van der Waals surface area contributed by atoms with Gasteiger partial charge < -0.3 is 10.3 Å². The number of thiophene rings is 1. The molecule has 3 N–H and O–H groups in total. The highest BCUT2D eigenvalue weighted by Crippen LogP contribution is 2.42. The summed E-state index contributed by atoms with van der Waals surface area (Å²) in [6.07, 6.45) is 0. The molecule has 0 radical (unpaired) electrons. The van der Waals surface area contributed by atoms with Crippen LogP contribution in [-0.4, -0.2) is 24.3 Å². The molecular weight excluding hydrogens is 544 g/mol. The Labute approximate surface area is 234 Å². The van der Waals surface area contributed by atoms with Crippen molar-refractivity contribution in [3.8, 4) is 22.4 Å². The van der Waals surface area contributed by atoms with Crippen molar-refractivity contribution in [1.82, 2.24) is 10.1 Å². The number of nitrogen functional groups attached to an aromatic ring is 1. The molecule has 0 saturated heterocycles. The first-order valence-corrected chi connectivity index (χ1v) is 14.5. The number of aryl methyl sites for hydroxylation is 1. The zero-order valence-corrected chi connectivity index (χ0v) is 22.8. The fourth-order valence-electron chi connectivity index (χ4n) is 4.42. The Balaban J connectivity index is 1.39. The number of anilines is 2. The van der Waals surface area contributed by atoms with E-state index in [2.05, 4.69) is 9.88 Å². The van der Waals surface area contributed by atoms with Crippen molar-refractivity contribution in [3.63, 3.8) is 0 Å². The molecule has 0 amide bonds. The van der Waals surface area contributed by atoms with Gasteiger partial charge in [-0.3, -0.25) is 9.52 Å². The molecule has 6 rings (SSSR count). The lowest BCUT2D eigenvalue weighted by molar-refractivity contribution is 0.104. The van der Waals surface area contributed by atoms with Crippen molar-refractivity contribution in [2.45, 2.75) is 11.8 Å². The van der Waals surface area contributed by atoms with E-state index < -0.39 is 10.0 Å². The molecule has 8 nitrogen and oxygen atoms in total. The van der Waals surface area contributed by atoms with E-state index in [4.69, 9.17) is 15.2 Å². The standard InChI is InChI=1S/C30H22N4O4S2/c1-18-16-25(33-38-18)34-40(36,37)22-14-12-21(13-15-22)28(35)29-27(31)26-23(19-8-4-2-5-9-19)17-24(32-30(26)39-29)20-10-6-3-7-11-20/h2-17H,31H2,1H3,(H,33,34). The minimum absolute atomic E-state index is 0.0189. The van der Waals surface area contributed by atoms with E-state index in [1.165, 1.54) is 41.7 Å². The van der Waals surface area contributed by atoms with E-state index in [-0.39, 0.29) is 16.5 Å². The number of nitrogens with one attached hydrogen (secondary N) is 1. The summed E-state index contributed by atoms with van der Waals surface area (Å²) in [5.74, 6) is 0.234. The Hall–Kier alpha value is -4.80. The van der Waals surface area contributed by atoms with Gasteiger partial charge in [0, 0.05) is 22.6 Å². The molecule has 0 fully saturated rings. The number of carbonyl (C=O) groups excluding carboxylic acids is 1. The van der Waals surface area contributed by atoms with Crippen molar-refractivity contribution >= 4 is 48.9 Å². The fourth-order valence-corrected chi connectivity index (χ4v) is 6.49. The second-order valence-electron chi connectivity index (χ2n) is 9.09. The SMILES string of the molecule is Cc1cc(NS(=O)(=O)c2ccc(C(=O)c3sc4nc(-c5ccccc5)cc(-c5ccccc5)c4c3N)cc2)no1. The average molecular weight is 567 g/mol. The van der Waals surface area contributed by atoms with Gasteiger partial charge >= 0.3 is 0 Å². The van der Waals surface area contributed by atoms with E-state index in [9.17, 15) is 13.2 Å². The lowest BCUT2D eigenvalue weighted by Gasteiger charge is -2.09. The molecule has 3 aromatic heterocycles. The molecular formula is C30H22N4O4S2. The van der Waals surface area contributed by atoms with Gasteiger partial charge in [0.2, 0.25) is 5.78 Å². The number of pyridine rings is 1. The highest BCUT2D eigenvalue weighted by Gasteiger charge is 2.23. The second kappa shape index (κ2) is 10.1. The number of carbonyl (C=O) groups is 1. The van der Waals surface area contributed by atoms with E-state index in [0.717, 1.165) is 22.4 Å².